The molecule has 1 fully saturated rings. The molecule has 0 spiro atoms. The lowest BCUT2D eigenvalue weighted by molar-refractivity contribution is 0.190. The summed E-state index contributed by atoms with van der Waals surface area (Å²) < 4.78 is 5.00. The van der Waals surface area contributed by atoms with Crippen molar-refractivity contribution in [1.29, 1.82) is 0 Å². The highest BCUT2D eigenvalue weighted by Crippen LogP contribution is 2.50. The Balaban J connectivity index is 1.91. The zero-order valence-corrected chi connectivity index (χ0v) is 10.4. The zero-order valence-electron chi connectivity index (χ0n) is 10.4. The van der Waals surface area contributed by atoms with E-state index in [1.807, 2.05) is 0 Å². The van der Waals surface area contributed by atoms with Gasteiger partial charge in [-0.25, -0.2) is 0 Å². The molecule has 2 unspecified atom stereocenters. The number of nitrogens with one attached hydrogen (secondary N) is 1. The van der Waals surface area contributed by atoms with Crippen LogP contribution >= 0.6 is 0 Å². The average Bonchev–Trinajstić information content (AvgIpc) is 2.74. The number of methoxy groups -OCH3 is 1. The highest BCUT2D eigenvalue weighted by Gasteiger charge is 2.44. The van der Waals surface area contributed by atoms with Crippen LogP contribution in [0.3, 0.4) is 0 Å². The van der Waals surface area contributed by atoms with Gasteiger partial charge in [-0.1, -0.05) is 13.8 Å². The maximum absolute atomic E-state index is 5.97. The molecule has 90 valence electrons. The van der Waals surface area contributed by atoms with Crippen molar-refractivity contribution in [3.05, 3.63) is 0 Å². The third-order valence-corrected chi connectivity index (χ3v) is 3.44. The molecule has 15 heavy (non-hydrogen) atoms. The minimum Gasteiger partial charge on any atom is -0.385 e. The molecule has 0 aromatic carbocycles. The van der Waals surface area contributed by atoms with Crippen LogP contribution in [0.4, 0.5) is 0 Å². The van der Waals surface area contributed by atoms with Crippen LogP contribution < -0.4 is 11.1 Å². The fraction of sp³-hybridized carbons (Fsp3) is 1.00. The molecule has 2 atom stereocenters. The summed E-state index contributed by atoms with van der Waals surface area (Å²) >= 11 is 0. The normalized spacial score (nSPS) is 25.2. The van der Waals surface area contributed by atoms with Gasteiger partial charge in [0.25, 0.3) is 0 Å². The summed E-state index contributed by atoms with van der Waals surface area (Å²) in [5.74, 6) is 0.865. The Bertz CT molecular complexity index is 182. The van der Waals surface area contributed by atoms with Gasteiger partial charge >= 0.3 is 0 Å². The number of hydrogen-bond acceptors (Lipinski definition) is 3. The molecular weight excluding hydrogens is 188 g/mol. The monoisotopic (exact) mass is 214 g/mol. The second kappa shape index (κ2) is 5.83. The van der Waals surface area contributed by atoms with E-state index in [-0.39, 0.29) is 6.04 Å². The van der Waals surface area contributed by atoms with Gasteiger partial charge in [0.2, 0.25) is 0 Å². The minimum atomic E-state index is 0.280. The maximum Gasteiger partial charge on any atom is 0.0462 e. The SMILES string of the molecule is COCCCC(N)CNCC1CC1(C)C. The molecule has 1 aliphatic carbocycles. The van der Waals surface area contributed by atoms with Crippen molar-refractivity contribution in [2.24, 2.45) is 17.1 Å². The Hall–Kier alpha value is -0.120. The lowest BCUT2D eigenvalue weighted by atomic mass is 10.1. The van der Waals surface area contributed by atoms with Gasteiger partial charge in [-0.2, -0.15) is 0 Å². The summed E-state index contributed by atoms with van der Waals surface area (Å²) in [6, 6.07) is 0.280. The van der Waals surface area contributed by atoms with Gasteiger partial charge < -0.3 is 15.8 Å². The first-order valence-electron chi connectivity index (χ1n) is 6.01. The molecule has 0 heterocycles. The summed E-state index contributed by atoms with van der Waals surface area (Å²) in [4.78, 5) is 0. The molecule has 0 bridgehead atoms. The van der Waals surface area contributed by atoms with E-state index in [1.54, 1.807) is 7.11 Å². The lowest BCUT2D eigenvalue weighted by Gasteiger charge is -2.12. The molecule has 0 aromatic heterocycles. The molecule has 0 saturated heterocycles. The van der Waals surface area contributed by atoms with Crippen molar-refractivity contribution in [2.75, 3.05) is 26.8 Å². The second-order valence-electron chi connectivity index (χ2n) is 5.44. The lowest BCUT2D eigenvalue weighted by Crippen LogP contribution is -2.35. The molecule has 0 aromatic rings. The first-order valence-corrected chi connectivity index (χ1v) is 6.01. The van der Waals surface area contributed by atoms with E-state index in [1.165, 1.54) is 6.42 Å². The molecule has 1 rings (SSSR count). The van der Waals surface area contributed by atoms with Crippen molar-refractivity contribution in [2.45, 2.75) is 39.2 Å². The van der Waals surface area contributed by atoms with Crippen molar-refractivity contribution in [3.8, 4) is 0 Å². The fourth-order valence-electron chi connectivity index (χ4n) is 1.96. The topological polar surface area (TPSA) is 47.3 Å². The Kier molecular flexibility index (Phi) is 5.03. The van der Waals surface area contributed by atoms with Gasteiger partial charge in [0.15, 0.2) is 0 Å². The quantitative estimate of drug-likeness (QED) is 0.600. The molecule has 0 amide bonds. The van der Waals surface area contributed by atoms with Crippen LogP contribution in [-0.4, -0.2) is 32.8 Å². The minimum absolute atomic E-state index is 0.280. The third-order valence-electron chi connectivity index (χ3n) is 3.44. The molecule has 1 aliphatic rings. The second-order valence-corrected chi connectivity index (χ2v) is 5.44. The van der Waals surface area contributed by atoms with Gasteiger partial charge in [0, 0.05) is 26.3 Å². The predicted octanol–water partition coefficient (Wildman–Crippen LogP) is 1.38. The molecular formula is C12H26N2O. The Morgan fingerprint density at radius 1 is 1.53 bits per heavy atom. The molecule has 3 heteroatoms. The highest BCUT2D eigenvalue weighted by molar-refractivity contribution is 4.96. The first-order chi connectivity index (χ1) is 7.06. The van der Waals surface area contributed by atoms with E-state index in [2.05, 4.69) is 19.2 Å². The largest absolute Gasteiger partial charge is 0.385 e. The summed E-state index contributed by atoms with van der Waals surface area (Å²) in [7, 11) is 1.74. The van der Waals surface area contributed by atoms with Crippen LogP contribution in [-0.2, 0) is 4.74 Å². The summed E-state index contributed by atoms with van der Waals surface area (Å²) in [6.07, 6.45) is 3.47. The molecule has 1 saturated carbocycles. The average molecular weight is 214 g/mol. The standard InChI is InChI=1S/C12H26N2O/c1-12(2)7-10(12)8-14-9-11(13)5-4-6-15-3/h10-11,14H,4-9,13H2,1-3H3. The zero-order chi connectivity index (χ0) is 11.3. The van der Waals surface area contributed by atoms with E-state index in [0.717, 1.165) is 38.5 Å². The fourth-order valence-corrected chi connectivity index (χ4v) is 1.96. The van der Waals surface area contributed by atoms with E-state index in [0.29, 0.717) is 5.41 Å². The maximum atomic E-state index is 5.97. The molecule has 0 radical (unpaired) electrons. The summed E-state index contributed by atoms with van der Waals surface area (Å²) in [5, 5.41) is 3.46. The van der Waals surface area contributed by atoms with Crippen LogP contribution in [0, 0.1) is 11.3 Å². The van der Waals surface area contributed by atoms with Gasteiger partial charge in [-0.3, -0.25) is 0 Å². The number of hydrogen-bond donors (Lipinski definition) is 2. The number of rotatable bonds is 8. The highest BCUT2D eigenvalue weighted by atomic mass is 16.5. The van der Waals surface area contributed by atoms with Crippen LogP contribution in [0.1, 0.15) is 33.1 Å². The Labute approximate surface area is 93.8 Å². The smallest absolute Gasteiger partial charge is 0.0462 e. The Morgan fingerprint density at radius 2 is 2.20 bits per heavy atom. The van der Waals surface area contributed by atoms with Crippen molar-refractivity contribution in [1.82, 2.24) is 5.32 Å². The number of nitrogens with two attached hydrogens (primary N) is 1. The van der Waals surface area contributed by atoms with Gasteiger partial charge in [0.1, 0.15) is 0 Å². The van der Waals surface area contributed by atoms with Crippen molar-refractivity contribution in [3.63, 3.8) is 0 Å². The number of ether oxygens (including phenoxy) is 1. The first kappa shape index (κ1) is 12.9. The Morgan fingerprint density at radius 3 is 2.73 bits per heavy atom. The van der Waals surface area contributed by atoms with E-state index < -0.39 is 0 Å². The van der Waals surface area contributed by atoms with Gasteiger partial charge in [-0.15, -0.1) is 0 Å². The summed E-state index contributed by atoms with van der Waals surface area (Å²) in [5.41, 5.74) is 6.55. The predicted molar refractivity (Wildman–Crippen MR) is 63.8 cm³/mol. The molecule has 3 N–H and O–H groups in total. The van der Waals surface area contributed by atoms with Crippen LogP contribution in [0.5, 0.6) is 0 Å². The van der Waals surface area contributed by atoms with Crippen LogP contribution in [0.25, 0.3) is 0 Å². The molecule has 0 aliphatic heterocycles. The van der Waals surface area contributed by atoms with Gasteiger partial charge in [0.05, 0.1) is 0 Å². The summed E-state index contributed by atoms with van der Waals surface area (Å²) in [6.45, 7) is 7.56. The third kappa shape index (κ3) is 4.96. The van der Waals surface area contributed by atoms with Crippen molar-refractivity contribution >= 4 is 0 Å². The van der Waals surface area contributed by atoms with E-state index >= 15 is 0 Å². The van der Waals surface area contributed by atoms with Crippen molar-refractivity contribution < 1.29 is 4.74 Å². The van der Waals surface area contributed by atoms with Gasteiger partial charge in [-0.05, 0) is 37.1 Å². The van der Waals surface area contributed by atoms with E-state index in [9.17, 15) is 0 Å². The molecule has 3 nitrogen and oxygen atoms in total. The van der Waals surface area contributed by atoms with Crippen LogP contribution in [0.15, 0.2) is 0 Å². The van der Waals surface area contributed by atoms with E-state index in [4.69, 9.17) is 10.5 Å². The van der Waals surface area contributed by atoms with Crippen LogP contribution in [0.2, 0.25) is 0 Å².